The number of amides is 1. The number of nitrogens with zero attached hydrogens (tertiary/aromatic N) is 2. The van der Waals surface area contributed by atoms with Crippen LogP contribution < -0.4 is 10.6 Å². The van der Waals surface area contributed by atoms with Gasteiger partial charge in [0.15, 0.2) is 0 Å². The number of hydrogen-bond acceptors (Lipinski definition) is 4. The lowest BCUT2D eigenvalue weighted by molar-refractivity contribution is 0.0945. The lowest BCUT2D eigenvalue weighted by atomic mass is 10.1. The number of hydrogen-bond donors (Lipinski definition) is 2. The Labute approximate surface area is 153 Å². The van der Waals surface area contributed by atoms with Gasteiger partial charge >= 0.3 is 0 Å². The van der Waals surface area contributed by atoms with E-state index in [0.717, 1.165) is 22.5 Å². The lowest BCUT2D eigenvalue weighted by Gasteiger charge is -2.10. The molecule has 0 aliphatic heterocycles. The van der Waals surface area contributed by atoms with Crippen LogP contribution in [0.4, 0.5) is 11.6 Å². The fraction of sp³-hybridized carbons (Fsp3) is 0.190. The van der Waals surface area contributed by atoms with Gasteiger partial charge in [-0.25, -0.2) is 9.97 Å². The number of anilines is 2. The Bertz CT molecular complexity index is 937. The zero-order valence-electron chi connectivity index (χ0n) is 15.2. The van der Waals surface area contributed by atoms with Crippen molar-refractivity contribution in [3.8, 4) is 0 Å². The molecule has 0 aliphatic rings. The van der Waals surface area contributed by atoms with Crippen LogP contribution in [0.1, 0.15) is 32.9 Å². The number of rotatable bonds is 5. The summed E-state index contributed by atoms with van der Waals surface area (Å²) in [7, 11) is 0. The van der Waals surface area contributed by atoms with Crippen molar-refractivity contribution in [1.82, 2.24) is 15.3 Å². The van der Waals surface area contributed by atoms with Crippen molar-refractivity contribution in [3.05, 3.63) is 82.7 Å². The van der Waals surface area contributed by atoms with Crippen molar-refractivity contribution < 1.29 is 4.79 Å². The minimum atomic E-state index is -0.218. The van der Waals surface area contributed by atoms with Crippen LogP contribution in [0.25, 0.3) is 0 Å². The van der Waals surface area contributed by atoms with E-state index in [-0.39, 0.29) is 5.91 Å². The standard InChI is InChI=1S/C21H22N4O/c1-14-7-6-9-17(11-14)13-22-20(26)19-12-16(3)23-21(25-19)24-18-10-5-4-8-15(18)2/h4-12H,13H2,1-3H3,(H,22,26)(H,23,24,25). The molecule has 0 saturated heterocycles. The Balaban J connectivity index is 1.74. The third-order valence-corrected chi connectivity index (χ3v) is 4.01. The predicted molar refractivity (Wildman–Crippen MR) is 104 cm³/mol. The van der Waals surface area contributed by atoms with Gasteiger partial charge in [-0.1, -0.05) is 48.0 Å². The van der Waals surface area contributed by atoms with Crippen LogP contribution >= 0.6 is 0 Å². The van der Waals surface area contributed by atoms with Gasteiger partial charge in [0.25, 0.3) is 5.91 Å². The van der Waals surface area contributed by atoms with E-state index >= 15 is 0 Å². The van der Waals surface area contributed by atoms with Gasteiger partial charge in [0.05, 0.1) is 0 Å². The van der Waals surface area contributed by atoms with Crippen molar-refractivity contribution >= 4 is 17.5 Å². The minimum Gasteiger partial charge on any atom is -0.347 e. The highest BCUT2D eigenvalue weighted by atomic mass is 16.1. The Morgan fingerprint density at radius 3 is 2.54 bits per heavy atom. The van der Waals surface area contributed by atoms with Gasteiger partial charge in [0.1, 0.15) is 5.69 Å². The molecule has 0 aliphatic carbocycles. The van der Waals surface area contributed by atoms with E-state index in [4.69, 9.17) is 0 Å². The number of benzene rings is 2. The zero-order chi connectivity index (χ0) is 18.5. The number of aryl methyl sites for hydroxylation is 3. The Hall–Kier alpha value is -3.21. The molecule has 1 amide bonds. The molecule has 5 nitrogen and oxygen atoms in total. The van der Waals surface area contributed by atoms with Crippen LogP contribution in [0.5, 0.6) is 0 Å². The van der Waals surface area contributed by atoms with E-state index in [2.05, 4.69) is 26.7 Å². The first-order chi connectivity index (χ1) is 12.5. The van der Waals surface area contributed by atoms with E-state index in [0.29, 0.717) is 18.2 Å². The van der Waals surface area contributed by atoms with Crippen molar-refractivity contribution in [2.24, 2.45) is 0 Å². The highest BCUT2D eigenvalue weighted by Gasteiger charge is 2.11. The average Bonchev–Trinajstić information content (AvgIpc) is 2.61. The molecule has 132 valence electrons. The summed E-state index contributed by atoms with van der Waals surface area (Å²) in [5, 5.41) is 6.10. The molecule has 2 aromatic carbocycles. The molecular weight excluding hydrogens is 324 g/mol. The van der Waals surface area contributed by atoms with E-state index in [1.54, 1.807) is 6.07 Å². The molecule has 0 atom stereocenters. The molecule has 0 fully saturated rings. The first kappa shape index (κ1) is 17.6. The molecule has 0 unspecified atom stereocenters. The van der Waals surface area contributed by atoms with E-state index < -0.39 is 0 Å². The first-order valence-corrected chi connectivity index (χ1v) is 8.53. The normalized spacial score (nSPS) is 10.4. The Kier molecular flexibility index (Phi) is 5.27. The first-order valence-electron chi connectivity index (χ1n) is 8.53. The number of para-hydroxylation sites is 1. The molecule has 2 N–H and O–H groups in total. The van der Waals surface area contributed by atoms with Crippen molar-refractivity contribution in [1.29, 1.82) is 0 Å². The number of carbonyl (C=O) groups is 1. The van der Waals surface area contributed by atoms with Gasteiger partial charge in [-0.3, -0.25) is 4.79 Å². The summed E-state index contributed by atoms with van der Waals surface area (Å²) in [6.45, 7) is 6.35. The molecule has 0 radical (unpaired) electrons. The van der Waals surface area contributed by atoms with E-state index in [1.165, 1.54) is 5.56 Å². The van der Waals surface area contributed by atoms with Gasteiger partial charge in [0.2, 0.25) is 5.95 Å². The fourth-order valence-electron chi connectivity index (χ4n) is 2.67. The molecule has 0 bridgehead atoms. The maximum absolute atomic E-state index is 12.5. The quantitative estimate of drug-likeness (QED) is 0.731. The Morgan fingerprint density at radius 1 is 0.962 bits per heavy atom. The minimum absolute atomic E-state index is 0.218. The summed E-state index contributed by atoms with van der Waals surface area (Å²) in [5.74, 6) is 0.199. The van der Waals surface area contributed by atoms with Gasteiger partial charge in [-0.05, 0) is 44.0 Å². The second kappa shape index (κ2) is 7.78. The summed E-state index contributed by atoms with van der Waals surface area (Å²) in [4.78, 5) is 21.2. The van der Waals surface area contributed by atoms with Gasteiger partial charge in [-0.15, -0.1) is 0 Å². The number of aromatic nitrogens is 2. The van der Waals surface area contributed by atoms with Crippen molar-refractivity contribution in [2.75, 3.05) is 5.32 Å². The third kappa shape index (κ3) is 4.45. The molecular formula is C21H22N4O. The van der Waals surface area contributed by atoms with Gasteiger partial charge < -0.3 is 10.6 Å². The van der Waals surface area contributed by atoms with Crippen LogP contribution in [0.3, 0.4) is 0 Å². The molecule has 3 aromatic rings. The SMILES string of the molecule is Cc1cccc(CNC(=O)c2cc(C)nc(Nc3ccccc3C)n2)c1. The summed E-state index contributed by atoms with van der Waals surface area (Å²) in [6, 6.07) is 17.6. The van der Waals surface area contributed by atoms with E-state index in [1.807, 2.05) is 63.2 Å². The summed E-state index contributed by atoms with van der Waals surface area (Å²) in [5.41, 5.74) is 5.31. The summed E-state index contributed by atoms with van der Waals surface area (Å²) < 4.78 is 0. The molecule has 3 rings (SSSR count). The second-order valence-electron chi connectivity index (χ2n) is 6.33. The zero-order valence-corrected chi connectivity index (χ0v) is 15.2. The smallest absolute Gasteiger partial charge is 0.270 e. The average molecular weight is 346 g/mol. The van der Waals surface area contributed by atoms with Crippen LogP contribution in [0, 0.1) is 20.8 Å². The van der Waals surface area contributed by atoms with Crippen LogP contribution in [0.15, 0.2) is 54.6 Å². The van der Waals surface area contributed by atoms with Crippen LogP contribution in [-0.4, -0.2) is 15.9 Å². The largest absolute Gasteiger partial charge is 0.347 e. The maximum atomic E-state index is 12.5. The highest BCUT2D eigenvalue weighted by Crippen LogP contribution is 2.18. The monoisotopic (exact) mass is 346 g/mol. The number of nitrogens with one attached hydrogen (secondary N) is 2. The molecule has 1 heterocycles. The van der Waals surface area contributed by atoms with Gasteiger partial charge in [0, 0.05) is 17.9 Å². The summed E-state index contributed by atoms with van der Waals surface area (Å²) in [6.07, 6.45) is 0. The summed E-state index contributed by atoms with van der Waals surface area (Å²) >= 11 is 0. The molecule has 1 aromatic heterocycles. The molecule has 5 heteroatoms. The van der Waals surface area contributed by atoms with Crippen molar-refractivity contribution in [3.63, 3.8) is 0 Å². The van der Waals surface area contributed by atoms with Crippen molar-refractivity contribution in [2.45, 2.75) is 27.3 Å². The van der Waals surface area contributed by atoms with Gasteiger partial charge in [-0.2, -0.15) is 0 Å². The number of carbonyl (C=O) groups excluding carboxylic acids is 1. The highest BCUT2D eigenvalue weighted by molar-refractivity contribution is 5.92. The van der Waals surface area contributed by atoms with E-state index in [9.17, 15) is 4.79 Å². The maximum Gasteiger partial charge on any atom is 0.270 e. The topological polar surface area (TPSA) is 66.9 Å². The molecule has 0 spiro atoms. The predicted octanol–water partition coefficient (Wildman–Crippen LogP) is 4.08. The lowest BCUT2D eigenvalue weighted by Crippen LogP contribution is -2.24. The molecule has 0 saturated carbocycles. The Morgan fingerprint density at radius 2 is 1.77 bits per heavy atom. The fourth-order valence-corrected chi connectivity index (χ4v) is 2.67. The third-order valence-electron chi connectivity index (χ3n) is 4.01. The van der Waals surface area contributed by atoms with Crippen LogP contribution in [0.2, 0.25) is 0 Å². The van der Waals surface area contributed by atoms with Crippen LogP contribution in [-0.2, 0) is 6.54 Å². The second-order valence-corrected chi connectivity index (χ2v) is 6.33. The molecule has 26 heavy (non-hydrogen) atoms.